The van der Waals surface area contributed by atoms with Crippen molar-refractivity contribution in [1.29, 1.82) is 0 Å². The highest BCUT2D eigenvalue weighted by Crippen LogP contribution is 2.28. The monoisotopic (exact) mass is 319 g/mol. The normalized spacial score (nSPS) is 16.0. The molecule has 0 bridgehead atoms. The van der Waals surface area contributed by atoms with Crippen LogP contribution in [0.25, 0.3) is 0 Å². The number of nitrogens with zero attached hydrogens (tertiary/aromatic N) is 3. The van der Waals surface area contributed by atoms with Gasteiger partial charge in [0.15, 0.2) is 5.96 Å². The Morgan fingerprint density at radius 3 is 2.83 bits per heavy atom. The molecule has 0 unspecified atom stereocenters. The Labute approximate surface area is 141 Å². The smallest absolute Gasteiger partial charge is 0.191 e. The molecule has 23 heavy (non-hydrogen) atoms. The van der Waals surface area contributed by atoms with Crippen LogP contribution in [0.2, 0.25) is 0 Å². The third-order valence-electron chi connectivity index (χ3n) is 4.57. The van der Waals surface area contributed by atoms with E-state index in [1.165, 1.54) is 50.5 Å². The van der Waals surface area contributed by atoms with Gasteiger partial charge in [-0.3, -0.25) is 9.67 Å². The SMILES string of the molecule is CCNC(=NCCCCC1CCCC1)NCCc1cnn(C)c1. The molecule has 1 aliphatic rings. The van der Waals surface area contributed by atoms with E-state index in [4.69, 9.17) is 0 Å². The zero-order valence-electron chi connectivity index (χ0n) is 14.9. The number of unbranched alkanes of at least 4 members (excludes halogenated alkanes) is 1. The van der Waals surface area contributed by atoms with Crippen molar-refractivity contribution in [2.45, 2.75) is 58.3 Å². The summed E-state index contributed by atoms with van der Waals surface area (Å²) in [6.07, 6.45) is 14.7. The number of hydrogen-bond donors (Lipinski definition) is 2. The summed E-state index contributed by atoms with van der Waals surface area (Å²) in [5.41, 5.74) is 1.26. The number of hydrogen-bond acceptors (Lipinski definition) is 2. The van der Waals surface area contributed by atoms with Crippen LogP contribution in [0.15, 0.2) is 17.4 Å². The van der Waals surface area contributed by atoms with Gasteiger partial charge in [-0.2, -0.15) is 5.10 Å². The van der Waals surface area contributed by atoms with Crippen molar-refractivity contribution in [2.24, 2.45) is 18.0 Å². The highest BCUT2D eigenvalue weighted by Gasteiger charge is 2.13. The predicted molar refractivity (Wildman–Crippen MR) is 96.7 cm³/mol. The van der Waals surface area contributed by atoms with Crippen molar-refractivity contribution < 1.29 is 0 Å². The van der Waals surface area contributed by atoms with E-state index in [-0.39, 0.29) is 0 Å². The molecule has 5 nitrogen and oxygen atoms in total. The molecule has 1 aliphatic carbocycles. The van der Waals surface area contributed by atoms with Gasteiger partial charge in [0.25, 0.3) is 0 Å². The fraction of sp³-hybridized carbons (Fsp3) is 0.778. The number of aromatic nitrogens is 2. The standard InChI is InChI=1S/C18H33N5/c1-3-19-18(21-13-11-17-14-22-23(2)15-17)20-12-7-6-10-16-8-4-5-9-16/h14-16H,3-13H2,1-2H3,(H2,19,20,21). The lowest BCUT2D eigenvalue weighted by Crippen LogP contribution is -2.38. The van der Waals surface area contributed by atoms with Crippen LogP contribution in [-0.2, 0) is 13.5 Å². The average molecular weight is 319 g/mol. The molecule has 0 atom stereocenters. The lowest BCUT2D eigenvalue weighted by Gasteiger charge is -2.11. The van der Waals surface area contributed by atoms with E-state index >= 15 is 0 Å². The Morgan fingerprint density at radius 1 is 1.30 bits per heavy atom. The highest BCUT2D eigenvalue weighted by molar-refractivity contribution is 5.79. The van der Waals surface area contributed by atoms with E-state index in [0.29, 0.717) is 0 Å². The molecule has 130 valence electrons. The van der Waals surface area contributed by atoms with Crippen molar-refractivity contribution in [1.82, 2.24) is 20.4 Å². The van der Waals surface area contributed by atoms with E-state index in [1.807, 2.05) is 17.9 Å². The Balaban J connectivity index is 1.60. The minimum Gasteiger partial charge on any atom is -0.357 e. The maximum atomic E-state index is 4.69. The highest BCUT2D eigenvalue weighted by atomic mass is 15.2. The van der Waals surface area contributed by atoms with Crippen LogP contribution < -0.4 is 10.6 Å². The van der Waals surface area contributed by atoms with Gasteiger partial charge in [0, 0.05) is 32.9 Å². The molecular formula is C18H33N5. The van der Waals surface area contributed by atoms with E-state index in [1.54, 1.807) is 0 Å². The number of aryl methyl sites for hydroxylation is 1. The minimum atomic E-state index is 0.888. The molecule has 1 fully saturated rings. The van der Waals surface area contributed by atoms with E-state index in [0.717, 1.165) is 37.9 Å². The fourth-order valence-electron chi connectivity index (χ4n) is 3.30. The third-order valence-corrected chi connectivity index (χ3v) is 4.57. The maximum Gasteiger partial charge on any atom is 0.191 e. The molecule has 0 amide bonds. The van der Waals surface area contributed by atoms with Crippen LogP contribution in [0.5, 0.6) is 0 Å². The molecule has 1 aromatic heterocycles. The zero-order chi connectivity index (χ0) is 16.3. The molecule has 1 heterocycles. The van der Waals surface area contributed by atoms with Crippen molar-refractivity contribution in [3.05, 3.63) is 18.0 Å². The number of aliphatic imine (C=N–C) groups is 1. The average Bonchev–Trinajstić information content (AvgIpc) is 3.19. The largest absolute Gasteiger partial charge is 0.357 e. The first-order valence-corrected chi connectivity index (χ1v) is 9.27. The Morgan fingerprint density at radius 2 is 2.13 bits per heavy atom. The lowest BCUT2D eigenvalue weighted by atomic mass is 10.0. The number of guanidine groups is 1. The topological polar surface area (TPSA) is 54.2 Å². The van der Waals surface area contributed by atoms with Gasteiger partial charge >= 0.3 is 0 Å². The first-order chi connectivity index (χ1) is 11.3. The van der Waals surface area contributed by atoms with Crippen LogP contribution in [-0.4, -0.2) is 35.4 Å². The Hall–Kier alpha value is -1.52. The van der Waals surface area contributed by atoms with Gasteiger partial charge in [-0.05, 0) is 31.2 Å². The molecule has 0 aliphatic heterocycles. The molecule has 1 saturated carbocycles. The first kappa shape index (κ1) is 17.8. The van der Waals surface area contributed by atoms with E-state index < -0.39 is 0 Å². The Kier molecular flexibility index (Phi) is 7.98. The maximum absolute atomic E-state index is 4.69. The molecule has 0 aromatic carbocycles. The number of rotatable bonds is 9. The summed E-state index contributed by atoms with van der Waals surface area (Å²) in [5.74, 6) is 1.95. The molecule has 1 aromatic rings. The second-order valence-corrected chi connectivity index (χ2v) is 6.61. The molecule has 2 rings (SSSR count). The summed E-state index contributed by atoms with van der Waals surface area (Å²) in [6.45, 7) is 4.83. The van der Waals surface area contributed by atoms with Gasteiger partial charge in [-0.1, -0.05) is 38.5 Å². The summed E-state index contributed by atoms with van der Waals surface area (Å²) in [7, 11) is 1.95. The second-order valence-electron chi connectivity index (χ2n) is 6.61. The van der Waals surface area contributed by atoms with Crippen LogP contribution in [0.3, 0.4) is 0 Å². The van der Waals surface area contributed by atoms with Crippen LogP contribution in [0.1, 0.15) is 57.4 Å². The lowest BCUT2D eigenvalue weighted by molar-refractivity contribution is 0.475. The summed E-state index contributed by atoms with van der Waals surface area (Å²) in [6, 6.07) is 0. The van der Waals surface area contributed by atoms with Gasteiger partial charge in [-0.25, -0.2) is 0 Å². The number of nitrogens with one attached hydrogen (secondary N) is 2. The third kappa shape index (κ3) is 7.06. The molecule has 5 heteroatoms. The fourth-order valence-corrected chi connectivity index (χ4v) is 3.30. The van der Waals surface area contributed by atoms with Gasteiger partial charge < -0.3 is 10.6 Å². The van der Waals surface area contributed by atoms with Gasteiger partial charge in [0.2, 0.25) is 0 Å². The molecular weight excluding hydrogens is 286 g/mol. The van der Waals surface area contributed by atoms with Crippen molar-refractivity contribution >= 4 is 5.96 Å². The summed E-state index contributed by atoms with van der Waals surface area (Å²) < 4.78 is 1.85. The molecule has 2 N–H and O–H groups in total. The van der Waals surface area contributed by atoms with Gasteiger partial charge in [0.05, 0.1) is 6.20 Å². The Bertz CT molecular complexity index is 460. The zero-order valence-corrected chi connectivity index (χ0v) is 14.9. The minimum absolute atomic E-state index is 0.888. The van der Waals surface area contributed by atoms with Crippen LogP contribution >= 0.6 is 0 Å². The summed E-state index contributed by atoms with van der Waals surface area (Å²) >= 11 is 0. The summed E-state index contributed by atoms with van der Waals surface area (Å²) in [5, 5.41) is 10.9. The first-order valence-electron chi connectivity index (χ1n) is 9.27. The quantitative estimate of drug-likeness (QED) is 0.418. The van der Waals surface area contributed by atoms with E-state index in [2.05, 4.69) is 33.8 Å². The van der Waals surface area contributed by atoms with Crippen molar-refractivity contribution in [3.8, 4) is 0 Å². The van der Waals surface area contributed by atoms with E-state index in [9.17, 15) is 0 Å². The molecule has 0 saturated heterocycles. The molecule has 0 spiro atoms. The van der Waals surface area contributed by atoms with Crippen molar-refractivity contribution in [2.75, 3.05) is 19.6 Å². The van der Waals surface area contributed by atoms with Crippen LogP contribution in [0.4, 0.5) is 0 Å². The van der Waals surface area contributed by atoms with Crippen molar-refractivity contribution in [3.63, 3.8) is 0 Å². The predicted octanol–water partition coefficient (Wildman–Crippen LogP) is 2.88. The van der Waals surface area contributed by atoms with Crippen LogP contribution in [0, 0.1) is 5.92 Å². The van der Waals surface area contributed by atoms with Gasteiger partial charge in [-0.15, -0.1) is 0 Å². The summed E-state index contributed by atoms with van der Waals surface area (Å²) in [4.78, 5) is 4.69. The molecule has 0 radical (unpaired) electrons. The van der Waals surface area contributed by atoms with Gasteiger partial charge in [0.1, 0.15) is 0 Å². The second kappa shape index (κ2) is 10.3.